The predicted molar refractivity (Wildman–Crippen MR) is 101 cm³/mol. The van der Waals surface area contributed by atoms with E-state index in [1.807, 2.05) is 11.8 Å². The first-order chi connectivity index (χ1) is 12.0. The number of anilines is 2. The van der Waals surface area contributed by atoms with Crippen molar-refractivity contribution in [3.63, 3.8) is 0 Å². The zero-order chi connectivity index (χ0) is 17.8. The Morgan fingerprint density at radius 2 is 1.80 bits per heavy atom. The van der Waals surface area contributed by atoms with Crippen LogP contribution in [0.15, 0.2) is 24.3 Å². The van der Waals surface area contributed by atoms with E-state index < -0.39 is 0 Å². The molecular weight excluding hydrogens is 359 g/mol. The Morgan fingerprint density at radius 3 is 2.48 bits per heavy atom. The van der Waals surface area contributed by atoms with Crippen molar-refractivity contribution in [3.8, 4) is 0 Å². The summed E-state index contributed by atoms with van der Waals surface area (Å²) >= 11 is 12.1. The lowest BCUT2D eigenvalue weighted by molar-refractivity contribution is 0.0755. The fraction of sp³-hybridized carbons (Fsp3) is 0.389. The SMILES string of the molecule is Cc1cc(C(=O)N2CCCCCC2)nc(Nc2ccc(Cl)cc2Cl)n1. The summed E-state index contributed by atoms with van der Waals surface area (Å²) in [5, 5.41) is 4.09. The molecule has 0 atom stereocenters. The Labute approximate surface area is 157 Å². The molecule has 1 saturated heterocycles. The molecule has 1 fully saturated rings. The van der Waals surface area contributed by atoms with Gasteiger partial charge in [0.2, 0.25) is 5.95 Å². The van der Waals surface area contributed by atoms with Gasteiger partial charge in [0, 0.05) is 23.8 Å². The van der Waals surface area contributed by atoms with Crippen LogP contribution in [0.4, 0.5) is 11.6 Å². The number of carbonyl (C=O) groups is 1. The number of rotatable bonds is 3. The quantitative estimate of drug-likeness (QED) is 0.828. The van der Waals surface area contributed by atoms with Crippen LogP contribution >= 0.6 is 23.2 Å². The van der Waals surface area contributed by atoms with E-state index in [2.05, 4.69) is 15.3 Å². The van der Waals surface area contributed by atoms with Crippen LogP contribution in [0.2, 0.25) is 10.0 Å². The van der Waals surface area contributed by atoms with Gasteiger partial charge < -0.3 is 10.2 Å². The number of hydrogen-bond donors (Lipinski definition) is 1. The molecule has 1 aliphatic heterocycles. The maximum absolute atomic E-state index is 12.8. The highest BCUT2D eigenvalue weighted by Crippen LogP contribution is 2.27. The number of aryl methyl sites for hydroxylation is 1. The molecule has 0 aliphatic carbocycles. The smallest absolute Gasteiger partial charge is 0.272 e. The summed E-state index contributed by atoms with van der Waals surface area (Å²) in [6.07, 6.45) is 4.44. The van der Waals surface area contributed by atoms with Gasteiger partial charge >= 0.3 is 0 Å². The van der Waals surface area contributed by atoms with E-state index in [0.29, 0.717) is 27.4 Å². The first kappa shape index (κ1) is 18.0. The molecule has 1 N–H and O–H groups in total. The molecule has 25 heavy (non-hydrogen) atoms. The van der Waals surface area contributed by atoms with Gasteiger partial charge in [-0.2, -0.15) is 0 Å². The molecule has 0 bridgehead atoms. The van der Waals surface area contributed by atoms with Crippen molar-refractivity contribution in [3.05, 3.63) is 45.7 Å². The molecule has 7 heteroatoms. The second kappa shape index (κ2) is 8.02. The van der Waals surface area contributed by atoms with E-state index in [4.69, 9.17) is 23.2 Å². The second-order valence-corrected chi connectivity index (χ2v) is 7.02. The van der Waals surface area contributed by atoms with Crippen molar-refractivity contribution < 1.29 is 4.79 Å². The third-order valence-electron chi connectivity index (χ3n) is 4.14. The fourth-order valence-corrected chi connectivity index (χ4v) is 3.34. The molecular formula is C18H20Cl2N4O. The van der Waals surface area contributed by atoms with Crippen molar-refractivity contribution >= 4 is 40.7 Å². The van der Waals surface area contributed by atoms with Gasteiger partial charge in [-0.05, 0) is 44.0 Å². The minimum Gasteiger partial charge on any atom is -0.337 e. The average Bonchev–Trinajstić information content (AvgIpc) is 2.85. The number of nitrogens with one attached hydrogen (secondary N) is 1. The van der Waals surface area contributed by atoms with Gasteiger partial charge in [0.1, 0.15) is 5.69 Å². The molecule has 2 heterocycles. The number of benzene rings is 1. The highest BCUT2D eigenvalue weighted by molar-refractivity contribution is 6.36. The maximum atomic E-state index is 12.8. The van der Waals surface area contributed by atoms with Gasteiger partial charge in [0.05, 0.1) is 10.7 Å². The average molecular weight is 379 g/mol. The van der Waals surface area contributed by atoms with Gasteiger partial charge in [-0.15, -0.1) is 0 Å². The minimum absolute atomic E-state index is 0.0438. The van der Waals surface area contributed by atoms with Gasteiger partial charge in [-0.25, -0.2) is 9.97 Å². The maximum Gasteiger partial charge on any atom is 0.272 e. The lowest BCUT2D eigenvalue weighted by atomic mass is 10.2. The first-order valence-corrected chi connectivity index (χ1v) is 9.15. The van der Waals surface area contributed by atoms with Crippen LogP contribution in [0.3, 0.4) is 0 Å². The Bertz CT molecular complexity index is 774. The summed E-state index contributed by atoms with van der Waals surface area (Å²) in [4.78, 5) is 23.4. The zero-order valence-electron chi connectivity index (χ0n) is 14.1. The number of amides is 1. The summed E-state index contributed by atoms with van der Waals surface area (Å²) in [6, 6.07) is 6.86. The van der Waals surface area contributed by atoms with Crippen molar-refractivity contribution in [2.24, 2.45) is 0 Å². The molecule has 1 aromatic heterocycles. The number of halogens is 2. The summed E-state index contributed by atoms with van der Waals surface area (Å²) in [5.41, 5.74) is 1.77. The molecule has 0 unspecified atom stereocenters. The largest absolute Gasteiger partial charge is 0.337 e. The monoisotopic (exact) mass is 378 g/mol. The van der Waals surface area contributed by atoms with E-state index in [1.54, 1.807) is 24.3 Å². The van der Waals surface area contributed by atoms with Crippen LogP contribution in [-0.2, 0) is 0 Å². The highest BCUT2D eigenvalue weighted by atomic mass is 35.5. The Morgan fingerprint density at radius 1 is 1.08 bits per heavy atom. The number of hydrogen-bond acceptors (Lipinski definition) is 4. The van der Waals surface area contributed by atoms with E-state index in [9.17, 15) is 4.79 Å². The number of aromatic nitrogens is 2. The van der Waals surface area contributed by atoms with Crippen LogP contribution in [-0.4, -0.2) is 33.9 Å². The lowest BCUT2D eigenvalue weighted by Gasteiger charge is -2.20. The van der Waals surface area contributed by atoms with E-state index in [1.165, 1.54) is 12.8 Å². The minimum atomic E-state index is -0.0438. The molecule has 5 nitrogen and oxygen atoms in total. The predicted octanol–water partition coefficient (Wildman–Crippen LogP) is 4.85. The molecule has 1 aromatic carbocycles. The second-order valence-electron chi connectivity index (χ2n) is 6.17. The van der Waals surface area contributed by atoms with Gasteiger partial charge in [-0.1, -0.05) is 36.0 Å². The van der Waals surface area contributed by atoms with Gasteiger partial charge in [-0.3, -0.25) is 4.79 Å². The Kier molecular flexibility index (Phi) is 5.76. The molecule has 0 saturated carbocycles. The Balaban J connectivity index is 1.83. The summed E-state index contributed by atoms with van der Waals surface area (Å²) in [7, 11) is 0. The molecule has 0 spiro atoms. The first-order valence-electron chi connectivity index (χ1n) is 8.40. The van der Waals surface area contributed by atoms with Gasteiger partial charge in [0.25, 0.3) is 5.91 Å². The van der Waals surface area contributed by atoms with Crippen LogP contribution in [0, 0.1) is 6.92 Å². The van der Waals surface area contributed by atoms with Crippen LogP contribution in [0.1, 0.15) is 41.9 Å². The third-order valence-corrected chi connectivity index (χ3v) is 4.69. The van der Waals surface area contributed by atoms with Crippen molar-refractivity contribution in [2.45, 2.75) is 32.6 Å². The highest BCUT2D eigenvalue weighted by Gasteiger charge is 2.20. The number of carbonyl (C=O) groups excluding carboxylic acids is 1. The molecule has 1 amide bonds. The number of nitrogens with zero attached hydrogens (tertiary/aromatic N) is 3. The lowest BCUT2D eigenvalue weighted by Crippen LogP contribution is -2.32. The zero-order valence-corrected chi connectivity index (χ0v) is 15.6. The Hall–Kier alpha value is -1.85. The third kappa shape index (κ3) is 4.61. The molecule has 0 radical (unpaired) electrons. The van der Waals surface area contributed by atoms with Crippen LogP contribution in [0.25, 0.3) is 0 Å². The van der Waals surface area contributed by atoms with E-state index in [-0.39, 0.29) is 5.91 Å². The molecule has 1 aliphatic rings. The van der Waals surface area contributed by atoms with Crippen molar-refractivity contribution in [2.75, 3.05) is 18.4 Å². The van der Waals surface area contributed by atoms with Crippen LogP contribution in [0.5, 0.6) is 0 Å². The standard InChI is InChI=1S/C18H20Cl2N4O/c1-12-10-16(17(25)24-8-4-2-3-5-9-24)23-18(21-12)22-15-7-6-13(19)11-14(15)20/h6-7,10-11H,2-5,8-9H2,1H3,(H,21,22,23). The van der Waals surface area contributed by atoms with E-state index >= 15 is 0 Å². The fourth-order valence-electron chi connectivity index (χ4n) is 2.88. The topological polar surface area (TPSA) is 58.1 Å². The molecule has 2 aromatic rings. The van der Waals surface area contributed by atoms with Crippen molar-refractivity contribution in [1.29, 1.82) is 0 Å². The molecule has 3 rings (SSSR count). The van der Waals surface area contributed by atoms with Crippen molar-refractivity contribution in [1.82, 2.24) is 14.9 Å². The normalized spacial score (nSPS) is 14.9. The van der Waals surface area contributed by atoms with Gasteiger partial charge in [0.15, 0.2) is 0 Å². The summed E-state index contributed by atoms with van der Waals surface area (Å²) in [6.45, 7) is 3.41. The molecule has 132 valence electrons. The van der Waals surface area contributed by atoms with E-state index in [0.717, 1.165) is 31.6 Å². The summed E-state index contributed by atoms with van der Waals surface area (Å²) < 4.78 is 0. The number of likely N-dealkylation sites (tertiary alicyclic amines) is 1. The van der Waals surface area contributed by atoms with Crippen LogP contribution < -0.4 is 5.32 Å². The summed E-state index contributed by atoms with van der Waals surface area (Å²) in [5.74, 6) is 0.306.